The van der Waals surface area contributed by atoms with Crippen LogP contribution in [0.5, 0.6) is 0 Å². The number of carbonyl (C=O) groups excluding carboxylic acids is 1. The molecule has 3 aromatic carbocycles. The molecule has 0 atom stereocenters. The lowest BCUT2D eigenvalue weighted by molar-refractivity contribution is 0.102. The van der Waals surface area contributed by atoms with Gasteiger partial charge in [0.1, 0.15) is 0 Å². The van der Waals surface area contributed by atoms with Crippen LogP contribution in [0, 0.1) is 0 Å². The van der Waals surface area contributed by atoms with Gasteiger partial charge in [0.25, 0.3) is 5.91 Å². The summed E-state index contributed by atoms with van der Waals surface area (Å²) < 4.78 is 30.4. The maximum atomic E-state index is 13.0. The summed E-state index contributed by atoms with van der Waals surface area (Å²) in [6.45, 7) is 2.68. The van der Waals surface area contributed by atoms with Crippen LogP contribution in [0.4, 0.5) is 5.69 Å². The van der Waals surface area contributed by atoms with Gasteiger partial charge in [0.2, 0.25) is 10.0 Å². The lowest BCUT2D eigenvalue weighted by Crippen LogP contribution is -2.48. The lowest BCUT2D eigenvalue weighted by atomic mass is 10.1. The van der Waals surface area contributed by atoms with Gasteiger partial charge >= 0.3 is 5.69 Å². The van der Waals surface area contributed by atoms with Crippen LogP contribution in [0.2, 0.25) is 0 Å². The fourth-order valence-corrected chi connectivity index (χ4v) is 6.17. The predicted octanol–water partition coefficient (Wildman–Crippen LogP) is 2.64. The first kappa shape index (κ1) is 24.9. The summed E-state index contributed by atoms with van der Waals surface area (Å²) in [5, 5.41) is 2.92. The standard InChI is InChI=1S/C27H29N5O4S/c1-29-24-12-11-22(18-25(24)30(2)27(29)34)28-26(33)21-8-6-7-20(17-21)19-31-13-15-32(16-14-31)37(35,36)23-9-4-3-5-10-23/h3-12,17-18H,13-16,19H2,1-2H3,(H,28,33). The topological polar surface area (TPSA) is 96.7 Å². The highest BCUT2D eigenvalue weighted by molar-refractivity contribution is 7.89. The van der Waals surface area contributed by atoms with Gasteiger partial charge in [0.05, 0.1) is 15.9 Å². The van der Waals surface area contributed by atoms with Crippen LogP contribution in [0.15, 0.2) is 82.5 Å². The van der Waals surface area contributed by atoms with Crippen molar-refractivity contribution in [3.63, 3.8) is 0 Å². The summed E-state index contributed by atoms with van der Waals surface area (Å²) in [7, 11) is -0.0664. The zero-order valence-corrected chi connectivity index (χ0v) is 21.6. The Bertz CT molecular complexity index is 1620. The Balaban J connectivity index is 1.23. The monoisotopic (exact) mass is 519 g/mol. The second kappa shape index (κ2) is 9.97. The van der Waals surface area contributed by atoms with E-state index in [9.17, 15) is 18.0 Å². The molecule has 0 unspecified atom stereocenters. The van der Waals surface area contributed by atoms with E-state index in [1.54, 1.807) is 71.8 Å². The van der Waals surface area contributed by atoms with Crippen molar-refractivity contribution in [1.82, 2.24) is 18.3 Å². The van der Waals surface area contributed by atoms with Crippen LogP contribution in [0.3, 0.4) is 0 Å². The fourth-order valence-electron chi connectivity index (χ4n) is 4.73. The van der Waals surface area contributed by atoms with Gasteiger partial charge in [-0.05, 0) is 48.0 Å². The summed E-state index contributed by atoms with van der Waals surface area (Å²) in [6, 6.07) is 21.3. The van der Waals surface area contributed by atoms with E-state index in [4.69, 9.17) is 0 Å². The van der Waals surface area contributed by atoms with Gasteiger partial charge in [-0.15, -0.1) is 0 Å². The Kier molecular flexibility index (Phi) is 6.72. The van der Waals surface area contributed by atoms with E-state index in [0.717, 1.165) is 16.6 Å². The van der Waals surface area contributed by atoms with Gasteiger partial charge in [-0.1, -0.05) is 30.3 Å². The van der Waals surface area contributed by atoms with Gasteiger partial charge in [-0.25, -0.2) is 13.2 Å². The summed E-state index contributed by atoms with van der Waals surface area (Å²) in [6.07, 6.45) is 0. The van der Waals surface area contributed by atoms with E-state index in [1.165, 1.54) is 4.31 Å². The molecule has 0 saturated carbocycles. The number of nitrogens with zero attached hydrogens (tertiary/aromatic N) is 4. The number of piperazine rings is 1. The van der Waals surface area contributed by atoms with Crippen molar-refractivity contribution >= 4 is 32.7 Å². The average Bonchev–Trinajstić information content (AvgIpc) is 3.13. The van der Waals surface area contributed by atoms with E-state index in [2.05, 4.69) is 10.2 Å². The molecule has 2 heterocycles. The minimum atomic E-state index is -3.49. The molecule has 5 rings (SSSR count). The molecule has 10 heteroatoms. The highest BCUT2D eigenvalue weighted by Gasteiger charge is 2.28. The van der Waals surface area contributed by atoms with E-state index >= 15 is 0 Å². The van der Waals surface area contributed by atoms with Crippen LogP contribution < -0.4 is 11.0 Å². The second-order valence-electron chi connectivity index (χ2n) is 9.25. The smallest absolute Gasteiger partial charge is 0.322 e. The van der Waals surface area contributed by atoms with Crippen LogP contribution >= 0.6 is 0 Å². The van der Waals surface area contributed by atoms with Crippen LogP contribution in [0.25, 0.3) is 11.0 Å². The molecule has 37 heavy (non-hydrogen) atoms. The van der Waals surface area contributed by atoms with Crippen LogP contribution in [-0.4, -0.2) is 58.8 Å². The first-order valence-corrected chi connectivity index (χ1v) is 13.5. The Labute approximate surface area is 215 Å². The van der Waals surface area contributed by atoms with Gasteiger partial charge < -0.3 is 5.32 Å². The molecule has 192 valence electrons. The molecule has 0 bridgehead atoms. The Morgan fingerprint density at radius 2 is 1.54 bits per heavy atom. The minimum absolute atomic E-state index is 0.121. The molecular formula is C27H29N5O4S. The van der Waals surface area contributed by atoms with Crippen LogP contribution in [-0.2, 0) is 30.7 Å². The molecule has 0 radical (unpaired) electrons. The molecule has 0 spiro atoms. The van der Waals surface area contributed by atoms with Gasteiger partial charge in [0, 0.05) is 58.1 Å². The first-order valence-electron chi connectivity index (χ1n) is 12.1. The molecule has 1 aliphatic heterocycles. The summed E-state index contributed by atoms with van der Waals surface area (Å²) >= 11 is 0. The van der Waals surface area contributed by atoms with E-state index < -0.39 is 10.0 Å². The summed E-state index contributed by atoms with van der Waals surface area (Å²) in [4.78, 5) is 27.7. The minimum Gasteiger partial charge on any atom is -0.322 e. The molecule has 1 saturated heterocycles. The molecule has 1 N–H and O–H groups in total. The quantitative estimate of drug-likeness (QED) is 0.423. The molecular weight excluding hydrogens is 490 g/mol. The van der Waals surface area contributed by atoms with E-state index in [1.807, 2.05) is 24.3 Å². The highest BCUT2D eigenvalue weighted by Crippen LogP contribution is 2.20. The molecule has 1 fully saturated rings. The number of hydrogen-bond acceptors (Lipinski definition) is 5. The number of aryl methyl sites for hydroxylation is 2. The van der Waals surface area contributed by atoms with Crippen molar-refractivity contribution in [2.45, 2.75) is 11.4 Å². The maximum Gasteiger partial charge on any atom is 0.328 e. The van der Waals surface area contributed by atoms with E-state index in [-0.39, 0.29) is 11.6 Å². The zero-order chi connectivity index (χ0) is 26.2. The fraction of sp³-hybridized carbons (Fsp3) is 0.259. The highest BCUT2D eigenvalue weighted by atomic mass is 32.2. The Hall–Kier alpha value is -3.73. The zero-order valence-electron chi connectivity index (χ0n) is 20.8. The number of benzene rings is 3. The number of nitrogens with one attached hydrogen (secondary N) is 1. The maximum absolute atomic E-state index is 13.0. The summed E-state index contributed by atoms with van der Waals surface area (Å²) in [5.41, 5.74) is 3.54. The van der Waals surface area contributed by atoms with Crippen molar-refractivity contribution in [2.24, 2.45) is 14.1 Å². The number of carbonyl (C=O) groups is 1. The van der Waals surface area contributed by atoms with Gasteiger partial charge in [-0.3, -0.25) is 18.8 Å². The SMILES string of the molecule is Cn1c(=O)n(C)c2cc(NC(=O)c3cccc(CN4CCN(S(=O)(=O)c5ccccc5)CC4)c3)ccc21. The second-order valence-corrected chi connectivity index (χ2v) is 11.2. The van der Waals surface area contributed by atoms with Crippen LogP contribution in [0.1, 0.15) is 15.9 Å². The number of imidazole rings is 1. The number of hydrogen-bond donors (Lipinski definition) is 1. The predicted molar refractivity (Wildman–Crippen MR) is 143 cm³/mol. The van der Waals surface area contributed by atoms with Crippen molar-refractivity contribution < 1.29 is 13.2 Å². The normalized spacial score (nSPS) is 15.2. The molecule has 9 nitrogen and oxygen atoms in total. The molecule has 1 aliphatic rings. The number of fused-ring (bicyclic) bond motifs is 1. The Morgan fingerprint density at radius 1 is 0.838 bits per heavy atom. The number of anilines is 1. The van der Waals surface area contributed by atoms with Crippen molar-refractivity contribution in [3.05, 3.63) is 94.4 Å². The summed E-state index contributed by atoms with van der Waals surface area (Å²) in [5.74, 6) is -0.235. The molecule has 0 aliphatic carbocycles. The third-order valence-corrected chi connectivity index (χ3v) is 8.75. The molecule has 1 aromatic heterocycles. The average molecular weight is 520 g/mol. The van der Waals surface area contributed by atoms with Gasteiger partial charge in [0.15, 0.2) is 0 Å². The third-order valence-electron chi connectivity index (χ3n) is 6.84. The van der Waals surface area contributed by atoms with Crippen molar-refractivity contribution in [2.75, 3.05) is 31.5 Å². The first-order chi connectivity index (χ1) is 17.7. The number of sulfonamides is 1. The lowest BCUT2D eigenvalue weighted by Gasteiger charge is -2.34. The van der Waals surface area contributed by atoms with E-state index in [0.29, 0.717) is 48.9 Å². The molecule has 4 aromatic rings. The van der Waals surface area contributed by atoms with Crippen molar-refractivity contribution in [1.29, 1.82) is 0 Å². The van der Waals surface area contributed by atoms with Crippen molar-refractivity contribution in [3.8, 4) is 0 Å². The van der Waals surface area contributed by atoms with Gasteiger partial charge in [-0.2, -0.15) is 4.31 Å². The number of amides is 1. The third kappa shape index (κ3) is 4.95. The number of aromatic nitrogens is 2. The molecule has 1 amide bonds. The Morgan fingerprint density at radius 3 is 2.27 bits per heavy atom. The number of rotatable bonds is 6. The largest absolute Gasteiger partial charge is 0.328 e.